The molecule has 0 spiro atoms. The molecule has 0 aromatic heterocycles. The number of anilines is 2. The van der Waals surface area contributed by atoms with Crippen molar-refractivity contribution in [1.29, 1.82) is 0 Å². The van der Waals surface area contributed by atoms with Gasteiger partial charge in [0.15, 0.2) is 0 Å². The number of benzene rings is 2. The quantitative estimate of drug-likeness (QED) is 0.339. The van der Waals surface area contributed by atoms with Crippen LogP contribution in [0.1, 0.15) is 38.2 Å². The second-order valence-electron chi connectivity index (χ2n) is 6.92. The molecule has 152 valence electrons. The predicted octanol–water partition coefficient (Wildman–Crippen LogP) is 3.65. The number of nitrogens with one attached hydrogen (secondary N) is 2. The number of urea groups is 1. The molecule has 1 saturated carbocycles. The number of carbonyl (C=O) groups is 1. The fourth-order valence-corrected chi connectivity index (χ4v) is 3.09. The number of ether oxygens (including phenoxy) is 1. The van der Waals surface area contributed by atoms with Crippen LogP contribution >= 0.6 is 0 Å². The molecule has 8 nitrogen and oxygen atoms in total. The smallest absolute Gasteiger partial charge is 0.323 e. The first kappa shape index (κ1) is 20.2. The Morgan fingerprint density at radius 2 is 1.48 bits per heavy atom. The van der Waals surface area contributed by atoms with Gasteiger partial charge >= 0.3 is 6.03 Å². The van der Waals surface area contributed by atoms with Gasteiger partial charge in [-0.2, -0.15) is 5.10 Å². The Bertz CT molecular complexity index is 880. The number of carbonyl (C=O) groups excluding carboxylic acids is 1. The molecule has 1 aliphatic carbocycles. The van der Waals surface area contributed by atoms with Gasteiger partial charge in [0.25, 0.3) is 0 Å². The average Bonchev–Trinajstić information content (AvgIpc) is 3.21. The summed E-state index contributed by atoms with van der Waals surface area (Å²) in [5.74, 6) is 0.730. The van der Waals surface area contributed by atoms with E-state index in [0.29, 0.717) is 23.2 Å². The lowest BCUT2D eigenvalue weighted by atomic mass is 10.1. The molecule has 0 heterocycles. The van der Waals surface area contributed by atoms with Crippen LogP contribution in [0.3, 0.4) is 0 Å². The number of nitrogens with zero attached hydrogens (tertiary/aromatic N) is 2. The summed E-state index contributed by atoms with van der Waals surface area (Å²) in [6.45, 7) is 1.79. The Kier molecular flexibility index (Phi) is 6.67. The highest BCUT2D eigenvalue weighted by Crippen LogP contribution is 2.25. The topological polar surface area (TPSA) is 127 Å². The lowest BCUT2D eigenvalue weighted by Crippen LogP contribution is -2.22. The highest BCUT2D eigenvalue weighted by Gasteiger charge is 2.16. The Morgan fingerprint density at radius 3 is 2.03 bits per heavy atom. The van der Waals surface area contributed by atoms with Crippen LogP contribution in [0, 0.1) is 0 Å². The SMILES string of the molecule is C/C(=N\N=C(N)N)c1ccc(NC(=O)Nc2ccc(OC3CCCC3)cc2)cc1. The van der Waals surface area contributed by atoms with E-state index in [1.54, 1.807) is 19.1 Å². The maximum Gasteiger partial charge on any atom is 0.323 e. The number of nitrogens with two attached hydrogens (primary N) is 2. The molecular weight excluding hydrogens is 368 g/mol. The van der Waals surface area contributed by atoms with Gasteiger partial charge in [0.05, 0.1) is 11.8 Å². The molecular formula is C21H26N6O2. The molecule has 2 aromatic rings. The average molecular weight is 394 g/mol. The zero-order chi connectivity index (χ0) is 20.6. The first-order chi connectivity index (χ1) is 14.0. The zero-order valence-electron chi connectivity index (χ0n) is 16.4. The van der Waals surface area contributed by atoms with E-state index in [-0.39, 0.29) is 12.0 Å². The Balaban J connectivity index is 1.52. The fraction of sp³-hybridized carbons (Fsp3) is 0.286. The number of rotatable bonds is 6. The third kappa shape index (κ3) is 6.24. The van der Waals surface area contributed by atoms with Crippen molar-refractivity contribution in [3.8, 4) is 5.75 Å². The highest BCUT2D eigenvalue weighted by atomic mass is 16.5. The summed E-state index contributed by atoms with van der Waals surface area (Å²) in [6.07, 6.45) is 5.00. The first-order valence-corrected chi connectivity index (χ1v) is 9.58. The Hall–Kier alpha value is -3.55. The molecule has 0 saturated heterocycles. The molecule has 6 N–H and O–H groups in total. The second-order valence-corrected chi connectivity index (χ2v) is 6.92. The zero-order valence-corrected chi connectivity index (χ0v) is 16.4. The van der Waals surface area contributed by atoms with Gasteiger partial charge in [0.2, 0.25) is 5.96 Å². The standard InChI is InChI=1S/C21H26N6O2/c1-14(26-27-20(22)23)15-6-8-16(9-7-15)24-21(28)25-17-10-12-19(13-11-17)29-18-4-2-3-5-18/h6-13,18H,2-5H2,1H3,(H4,22,23,27)(H2,24,25,28)/b26-14+. The van der Waals surface area contributed by atoms with Gasteiger partial charge in [-0.25, -0.2) is 4.79 Å². The third-order valence-electron chi connectivity index (χ3n) is 4.59. The van der Waals surface area contributed by atoms with Crippen molar-refractivity contribution in [3.05, 3.63) is 54.1 Å². The summed E-state index contributed by atoms with van der Waals surface area (Å²) in [7, 11) is 0. The summed E-state index contributed by atoms with van der Waals surface area (Å²) < 4.78 is 5.93. The second kappa shape index (κ2) is 9.59. The van der Waals surface area contributed by atoms with E-state index >= 15 is 0 Å². The van der Waals surface area contributed by atoms with Crippen LogP contribution in [0.15, 0.2) is 58.7 Å². The van der Waals surface area contributed by atoms with Crippen LogP contribution in [-0.2, 0) is 0 Å². The molecule has 2 aromatic carbocycles. The summed E-state index contributed by atoms with van der Waals surface area (Å²) in [6, 6.07) is 14.3. The molecule has 0 atom stereocenters. The van der Waals surface area contributed by atoms with E-state index in [0.717, 1.165) is 24.2 Å². The van der Waals surface area contributed by atoms with Gasteiger partial charge in [-0.05, 0) is 74.6 Å². The van der Waals surface area contributed by atoms with Gasteiger partial charge < -0.3 is 26.8 Å². The molecule has 0 unspecified atom stereocenters. The fourth-order valence-electron chi connectivity index (χ4n) is 3.09. The largest absolute Gasteiger partial charge is 0.490 e. The third-order valence-corrected chi connectivity index (χ3v) is 4.59. The van der Waals surface area contributed by atoms with Gasteiger partial charge in [-0.15, -0.1) is 5.10 Å². The van der Waals surface area contributed by atoms with Gasteiger partial charge in [-0.1, -0.05) is 12.1 Å². The van der Waals surface area contributed by atoms with Crippen molar-refractivity contribution < 1.29 is 9.53 Å². The van der Waals surface area contributed by atoms with Crippen LogP contribution < -0.4 is 26.8 Å². The van der Waals surface area contributed by atoms with Gasteiger partial charge in [0, 0.05) is 11.4 Å². The molecule has 3 rings (SSSR count). The van der Waals surface area contributed by atoms with Crippen molar-refractivity contribution in [1.82, 2.24) is 0 Å². The van der Waals surface area contributed by atoms with Crippen molar-refractivity contribution in [2.24, 2.45) is 21.7 Å². The first-order valence-electron chi connectivity index (χ1n) is 9.58. The maximum absolute atomic E-state index is 12.2. The molecule has 1 aliphatic rings. The van der Waals surface area contributed by atoms with E-state index in [9.17, 15) is 4.79 Å². The highest BCUT2D eigenvalue weighted by molar-refractivity contribution is 6.01. The number of hydrogen-bond donors (Lipinski definition) is 4. The van der Waals surface area contributed by atoms with Crippen molar-refractivity contribution in [2.75, 3.05) is 10.6 Å². The number of amides is 2. The van der Waals surface area contributed by atoms with E-state index in [1.807, 2.05) is 36.4 Å². The molecule has 8 heteroatoms. The van der Waals surface area contributed by atoms with Crippen molar-refractivity contribution >= 4 is 29.1 Å². The molecule has 29 heavy (non-hydrogen) atoms. The summed E-state index contributed by atoms with van der Waals surface area (Å²) in [4.78, 5) is 12.2. The minimum absolute atomic E-state index is 0.0996. The number of hydrogen-bond acceptors (Lipinski definition) is 4. The molecule has 0 bridgehead atoms. The lowest BCUT2D eigenvalue weighted by Gasteiger charge is -2.13. The summed E-state index contributed by atoms with van der Waals surface area (Å²) >= 11 is 0. The lowest BCUT2D eigenvalue weighted by molar-refractivity contribution is 0.210. The van der Waals surface area contributed by atoms with Crippen LogP contribution in [0.5, 0.6) is 5.75 Å². The molecule has 1 fully saturated rings. The monoisotopic (exact) mass is 394 g/mol. The van der Waals surface area contributed by atoms with Crippen LogP contribution in [0.4, 0.5) is 16.2 Å². The van der Waals surface area contributed by atoms with E-state index < -0.39 is 0 Å². The molecule has 0 radical (unpaired) electrons. The Labute approximate surface area is 170 Å². The van der Waals surface area contributed by atoms with Crippen LogP contribution in [-0.4, -0.2) is 23.8 Å². The van der Waals surface area contributed by atoms with Crippen molar-refractivity contribution in [3.63, 3.8) is 0 Å². The summed E-state index contributed by atoms with van der Waals surface area (Å²) in [5, 5.41) is 13.1. The summed E-state index contributed by atoms with van der Waals surface area (Å²) in [5.41, 5.74) is 13.4. The predicted molar refractivity (Wildman–Crippen MR) is 116 cm³/mol. The Morgan fingerprint density at radius 1 is 0.931 bits per heavy atom. The molecule has 2 amide bonds. The number of guanidine groups is 1. The normalized spacial score (nSPS) is 14.3. The van der Waals surface area contributed by atoms with Crippen molar-refractivity contribution in [2.45, 2.75) is 38.7 Å². The van der Waals surface area contributed by atoms with Crippen LogP contribution in [0.2, 0.25) is 0 Å². The minimum atomic E-state index is -0.326. The van der Waals surface area contributed by atoms with Crippen LogP contribution in [0.25, 0.3) is 0 Å². The minimum Gasteiger partial charge on any atom is -0.490 e. The van der Waals surface area contributed by atoms with Gasteiger partial charge in [-0.3, -0.25) is 0 Å². The van der Waals surface area contributed by atoms with E-state index in [4.69, 9.17) is 16.2 Å². The van der Waals surface area contributed by atoms with Gasteiger partial charge in [0.1, 0.15) is 5.75 Å². The van der Waals surface area contributed by atoms with E-state index in [1.165, 1.54) is 12.8 Å². The maximum atomic E-state index is 12.2. The van der Waals surface area contributed by atoms with E-state index in [2.05, 4.69) is 20.8 Å². The molecule has 0 aliphatic heterocycles.